The lowest BCUT2D eigenvalue weighted by Gasteiger charge is -2.37. The lowest BCUT2D eigenvalue weighted by Crippen LogP contribution is -2.46. The van der Waals surface area contributed by atoms with Crippen molar-refractivity contribution >= 4 is 41.2 Å². The Morgan fingerprint density at radius 2 is 1.80 bits per heavy atom. The SMILES string of the molecule is CN(CC1=CC2=CNSN2C=C1)C1CCN(C(=O)c2ccc(Nc3nccc(Nc4ccc(F)cc4)n3)cc2)CC1. The van der Waals surface area contributed by atoms with E-state index in [1.54, 1.807) is 36.5 Å². The van der Waals surface area contributed by atoms with Crippen LogP contribution in [0, 0.1) is 5.82 Å². The summed E-state index contributed by atoms with van der Waals surface area (Å²) in [6.07, 6.45) is 12.0. The fourth-order valence-corrected chi connectivity index (χ4v) is 5.71. The van der Waals surface area contributed by atoms with Crippen LogP contribution in [0.4, 0.5) is 27.5 Å². The molecule has 0 radical (unpaired) electrons. The molecule has 0 bridgehead atoms. The molecule has 2 aromatic carbocycles. The Morgan fingerprint density at radius 3 is 2.59 bits per heavy atom. The number of piperidine rings is 1. The lowest BCUT2D eigenvalue weighted by molar-refractivity contribution is 0.0653. The first-order chi connectivity index (χ1) is 20.0. The number of amides is 1. The molecule has 0 saturated carbocycles. The molecule has 0 spiro atoms. The van der Waals surface area contributed by atoms with Crippen molar-refractivity contribution in [2.24, 2.45) is 0 Å². The van der Waals surface area contributed by atoms with E-state index in [2.05, 4.69) is 59.9 Å². The summed E-state index contributed by atoms with van der Waals surface area (Å²) < 4.78 is 18.4. The Balaban J connectivity index is 0.997. The first kappa shape index (κ1) is 26.9. The summed E-state index contributed by atoms with van der Waals surface area (Å²) >= 11 is 1.57. The van der Waals surface area contributed by atoms with Crippen LogP contribution in [-0.4, -0.2) is 62.7 Å². The van der Waals surface area contributed by atoms with Crippen LogP contribution in [0.2, 0.25) is 0 Å². The standard InChI is InChI=1S/C30H31FN8OS/c1-37(20-21-11-17-39-27(18-21)19-33-41-39)26-12-15-38(16-13-26)29(40)22-2-6-25(7-3-22)35-30-32-14-10-28(36-30)34-24-8-4-23(31)5-9-24/h2-11,14,17-19,26,33H,12-13,15-16,20H2,1H3,(H2,32,34,35,36). The second-order valence-corrected chi connectivity index (χ2v) is 11.0. The number of allylic oxidation sites excluding steroid dienone is 1. The zero-order chi connectivity index (χ0) is 28.2. The summed E-state index contributed by atoms with van der Waals surface area (Å²) in [7, 11) is 2.17. The summed E-state index contributed by atoms with van der Waals surface area (Å²) in [4.78, 5) is 26.3. The first-order valence-corrected chi connectivity index (χ1v) is 14.3. The van der Waals surface area contributed by atoms with E-state index in [1.807, 2.05) is 35.4 Å². The van der Waals surface area contributed by atoms with E-state index in [1.165, 1.54) is 23.4 Å². The quantitative estimate of drug-likeness (QED) is 0.308. The first-order valence-electron chi connectivity index (χ1n) is 13.5. The lowest BCUT2D eigenvalue weighted by atomic mass is 10.0. The summed E-state index contributed by atoms with van der Waals surface area (Å²) in [5.41, 5.74) is 4.62. The number of carbonyl (C=O) groups is 1. The molecule has 3 aromatic rings. The van der Waals surface area contributed by atoms with E-state index in [9.17, 15) is 9.18 Å². The molecule has 11 heteroatoms. The number of rotatable bonds is 8. The molecule has 4 heterocycles. The predicted molar refractivity (Wildman–Crippen MR) is 161 cm³/mol. The maximum atomic E-state index is 13.2. The molecule has 1 saturated heterocycles. The van der Waals surface area contributed by atoms with Crippen molar-refractivity contribution in [2.45, 2.75) is 18.9 Å². The molecular formula is C30H31FN8OS. The van der Waals surface area contributed by atoms with Gasteiger partial charge in [-0.25, -0.2) is 9.37 Å². The van der Waals surface area contributed by atoms with Crippen LogP contribution in [-0.2, 0) is 0 Å². The molecule has 1 aromatic heterocycles. The fraction of sp³-hybridized carbons (Fsp3) is 0.233. The third-order valence-electron chi connectivity index (χ3n) is 7.34. The number of halogens is 1. The van der Waals surface area contributed by atoms with Crippen LogP contribution in [0.5, 0.6) is 0 Å². The highest BCUT2D eigenvalue weighted by atomic mass is 32.2. The average Bonchev–Trinajstić information content (AvgIpc) is 3.47. The number of carbonyl (C=O) groups excluding carboxylic acids is 1. The van der Waals surface area contributed by atoms with Gasteiger partial charge in [0, 0.05) is 61.2 Å². The van der Waals surface area contributed by atoms with Crippen molar-refractivity contribution in [1.82, 2.24) is 28.8 Å². The van der Waals surface area contributed by atoms with Crippen LogP contribution in [0.1, 0.15) is 23.2 Å². The highest BCUT2D eigenvalue weighted by Crippen LogP contribution is 2.28. The number of hydrogen-bond acceptors (Lipinski definition) is 9. The molecule has 41 heavy (non-hydrogen) atoms. The van der Waals surface area contributed by atoms with Gasteiger partial charge in [-0.2, -0.15) is 4.98 Å². The monoisotopic (exact) mass is 570 g/mol. The molecule has 3 aliphatic rings. The molecule has 210 valence electrons. The van der Waals surface area contributed by atoms with Crippen molar-refractivity contribution < 1.29 is 9.18 Å². The number of nitrogens with one attached hydrogen (secondary N) is 3. The van der Waals surface area contributed by atoms with Gasteiger partial charge < -0.3 is 20.3 Å². The average molecular weight is 571 g/mol. The number of anilines is 4. The van der Waals surface area contributed by atoms with Gasteiger partial charge in [0.1, 0.15) is 11.6 Å². The van der Waals surface area contributed by atoms with Gasteiger partial charge >= 0.3 is 0 Å². The number of benzene rings is 2. The topological polar surface area (TPSA) is 88.7 Å². The number of aromatic nitrogens is 2. The number of hydrogen-bond donors (Lipinski definition) is 3. The Hall–Kier alpha value is -4.35. The van der Waals surface area contributed by atoms with Gasteiger partial charge in [0.15, 0.2) is 0 Å². The summed E-state index contributed by atoms with van der Waals surface area (Å²) in [5.74, 6) is 0.748. The van der Waals surface area contributed by atoms with Crippen LogP contribution < -0.4 is 15.4 Å². The Morgan fingerprint density at radius 1 is 1.07 bits per heavy atom. The van der Waals surface area contributed by atoms with Gasteiger partial charge in [0.05, 0.1) is 17.8 Å². The van der Waals surface area contributed by atoms with E-state index >= 15 is 0 Å². The van der Waals surface area contributed by atoms with E-state index in [0.717, 1.165) is 43.9 Å². The number of likely N-dealkylation sites (tertiary alicyclic amines) is 1. The van der Waals surface area contributed by atoms with Crippen molar-refractivity contribution in [3.63, 3.8) is 0 Å². The Kier molecular flexibility index (Phi) is 7.88. The maximum absolute atomic E-state index is 13.2. The molecule has 6 rings (SSSR count). The second-order valence-electron chi connectivity index (χ2n) is 10.2. The van der Waals surface area contributed by atoms with Crippen LogP contribution in [0.25, 0.3) is 0 Å². The molecule has 3 aliphatic heterocycles. The summed E-state index contributed by atoms with van der Waals surface area (Å²) in [6.45, 7) is 2.36. The number of fused-ring (bicyclic) bond motifs is 1. The zero-order valence-electron chi connectivity index (χ0n) is 22.6. The Labute approximate surface area is 243 Å². The minimum atomic E-state index is -0.295. The van der Waals surface area contributed by atoms with Crippen LogP contribution in [0.15, 0.2) is 96.6 Å². The third-order valence-corrected chi connectivity index (χ3v) is 8.09. The molecule has 0 unspecified atom stereocenters. The third kappa shape index (κ3) is 6.53. The highest BCUT2D eigenvalue weighted by molar-refractivity contribution is 7.95. The summed E-state index contributed by atoms with van der Waals surface area (Å²) in [5, 5.41) is 6.31. The molecule has 0 aliphatic carbocycles. The van der Waals surface area contributed by atoms with Crippen molar-refractivity contribution in [2.75, 3.05) is 37.3 Å². The normalized spacial score (nSPS) is 16.7. The van der Waals surface area contributed by atoms with E-state index in [0.29, 0.717) is 23.4 Å². The van der Waals surface area contributed by atoms with Gasteiger partial charge in [0.2, 0.25) is 5.95 Å². The van der Waals surface area contributed by atoms with Gasteiger partial charge in [-0.1, -0.05) is 0 Å². The van der Waals surface area contributed by atoms with Crippen molar-refractivity contribution in [3.8, 4) is 0 Å². The molecule has 9 nitrogen and oxygen atoms in total. The highest BCUT2D eigenvalue weighted by Gasteiger charge is 2.26. The maximum Gasteiger partial charge on any atom is 0.253 e. The van der Waals surface area contributed by atoms with Gasteiger partial charge in [-0.3, -0.25) is 14.0 Å². The van der Waals surface area contributed by atoms with Gasteiger partial charge in [0.25, 0.3) is 5.91 Å². The predicted octanol–water partition coefficient (Wildman–Crippen LogP) is 5.40. The Bertz CT molecular complexity index is 1480. The van der Waals surface area contributed by atoms with E-state index < -0.39 is 0 Å². The van der Waals surface area contributed by atoms with Crippen LogP contribution in [0.3, 0.4) is 0 Å². The fourth-order valence-electron chi connectivity index (χ4n) is 5.09. The molecular weight excluding hydrogens is 539 g/mol. The summed E-state index contributed by atoms with van der Waals surface area (Å²) in [6, 6.07) is 15.6. The smallest absolute Gasteiger partial charge is 0.253 e. The van der Waals surface area contributed by atoms with Crippen LogP contribution >= 0.6 is 12.1 Å². The van der Waals surface area contributed by atoms with Crippen molar-refractivity contribution in [3.05, 3.63) is 108 Å². The number of likely N-dealkylation sites (N-methyl/N-ethyl adjacent to an activating group) is 1. The zero-order valence-corrected chi connectivity index (χ0v) is 23.4. The molecule has 1 amide bonds. The van der Waals surface area contributed by atoms with E-state index in [-0.39, 0.29) is 11.7 Å². The molecule has 1 fully saturated rings. The molecule has 0 atom stereocenters. The number of nitrogens with zero attached hydrogens (tertiary/aromatic N) is 5. The minimum Gasteiger partial charge on any atom is -0.340 e. The van der Waals surface area contributed by atoms with Gasteiger partial charge in [-0.05, 0) is 92.2 Å². The largest absolute Gasteiger partial charge is 0.340 e. The van der Waals surface area contributed by atoms with E-state index in [4.69, 9.17) is 0 Å². The van der Waals surface area contributed by atoms with Crippen molar-refractivity contribution in [1.29, 1.82) is 0 Å². The second kappa shape index (κ2) is 12.0. The molecule has 3 N–H and O–H groups in total. The van der Waals surface area contributed by atoms with Gasteiger partial charge in [-0.15, -0.1) is 0 Å². The minimum absolute atomic E-state index is 0.0515.